The molecule has 8 heteroatoms. The Hall–Kier alpha value is -0.0800. The van der Waals surface area contributed by atoms with Crippen molar-refractivity contribution in [1.82, 2.24) is 0 Å². The van der Waals surface area contributed by atoms with Crippen molar-refractivity contribution in [2.75, 3.05) is 0 Å². The maximum Gasteiger partial charge on any atom is 1.00 e. The predicted molar refractivity (Wildman–Crippen MR) is 43.0 cm³/mol. The molecule has 0 aliphatic heterocycles. The van der Waals surface area contributed by atoms with E-state index in [4.69, 9.17) is 5.14 Å². The molecule has 0 radical (unpaired) electrons. The van der Waals surface area contributed by atoms with Crippen LogP contribution in [0.1, 0.15) is 5.56 Å². The summed E-state index contributed by atoms with van der Waals surface area (Å²) in [5, 5.41) is 6.57. The molecule has 0 fully saturated rings. The Balaban J connectivity index is 0.00000196. The van der Waals surface area contributed by atoms with Crippen molar-refractivity contribution >= 4 is 10.0 Å². The van der Waals surface area contributed by atoms with Crippen LogP contribution in [0.25, 0.3) is 5.14 Å². The summed E-state index contributed by atoms with van der Waals surface area (Å²) in [5.41, 5.74) is -1.31. The molecule has 0 atom stereocenters. The minimum atomic E-state index is -4.76. The van der Waals surface area contributed by atoms with Gasteiger partial charge in [0.1, 0.15) is 0 Å². The number of halogens is 3. The quantitative estimate of drug-likeness (QED) is 0.625. The smallest absolute Gasteiger partial charge is 0.560 e. The Bertz CT molecular complexity index is 444. The zero-order valence-corrected chi connectivity index (χ0v) is 10.5. The van der Waals surface area contributed by atoms with E-state index in [-0.39, 0.29) is 29.6 Å². The van der Waals surface area contributed by atoms with Crippen LogP contribution in [0.15, 0.2) is 29.2 Å². The number of alkyl halides is 3. The van der Waals surface area contributed by atoms with E-state index in [1.807, 2.05) is 0 Å². The van der Waals surface area contributed by atoms with E-state index in [0.717, 1.165) is 18.2 Å². The minimum Gasteiger partial charge on any atom is -0.560 e. The molecule has 0 amide bonds. The molecule has 0 heterocycles. The molecule has 0 saturated heterocycles. The number of hydrogen-bond acceptors (Lipinski definition) is 2. The van der Waals surface area contributed by atoms with Crippen molar-refractivity contribution in [1.29, 1.82) is 0 Å². The molecule has 0 bridgehead atoms. The zero-order valence-electron chi connectivity index (χ0n) is 7.67. The standard InChI is InChI=1S/C7H5F3NO2S.Na/c8-7(9,10)5-3-1-2-4-6(5)14(11,12)13;/h1-4H,(H-,11,12,13);/q-1;+1. The molecule has 1 rings (SSSR count). The van der Waals surface area contributed by atoms with Crippen LogP contribution in [-0.2, 0) is 16.2 Å². The molecule has 0 unspecified atom stereocenters. The van der Waals surface area contributed by atoms with Gasteiger partial charge in [0.15, 0.2) is 0 Å². The first-order valence-corrected chi connectivity index (χ1v) is 4.87. The Morgan fingerprint density at radius 2 is 1.60 bits per heavy atom. The first kappa shape index (κ1) is 14.9. The van der Waals surface area contributed by atoms with Crippen molar-refractivity contribution in [2.45, 2.75) is 11.1 Å². The van der Waals surface area contributed by atoms with Crippen LogP contribution in [-0.4, -0.2) is 8.42 Å². The van der Waals surface area contributed by atoms with Gasteiger partial charge in [-0.1, -0.05) is 12.1 Å². The second-order valence-electron chi connectivity index (χ2n) is 2.50. The van der Waals surface area contributed by atoms with Gasteiger partial charge in [0.25, 0.3) is 0 Å². The van der Waals surface area contributed by atoms with Crippen molar-refractivity contribution in [3.05, 3.63) is 35.0 Å². The summed E-state index contributed by atoms with van der Waals surface area (Å²) in [6, 6.07) is 3.58. The average Bonchev–Trinajstić information content (AvgIpc) is 2.01. The van der Waals surface area contributed by atoms with E-state index >= 15 is 0 Å². The summed E-state index contributed by atoms with van der Waals surface area (Å²) in [5.74, 6) is 0. The van der Waals surface area contributed by atoms with Crippen molar-refractivity contribution in [3.8, 4) is 0 Å². The number of hydrogen-bond donors (Lipinski definition) is 0. The summed E-state index contributed by atoms with van der Waals surface area (Å²) >= 11 is 0. The van der Waals surface area contributed by atoms with Crippen molar-refractivity contribution < 1.29 is 51.1 Å². The van der Waals surface area contributed by atoms with Crippen molar-refractivity contribution in [3.63, 3.8) is 0 Å². The molecule has 1 aromatic carbocycles. The molecular weight excluding hydrogens is 242 g/mol. The molecule has 3 nitrogen and oxygen atoms in total. The van der Waals surface area contributed by atoms with Gasteiger partial charge in [-0.25, -0.2) is 8.42 Å². The summed E-state index contributed by atoms with van der Waals surface area (Å²) < 4.78 is 58.0. The van der Waals surface area contributed by atoms with Crippen molar-refractivity contribution in [2.24, 2.45) is 0 Å². The fourth-order valence-electron chi connectivity index (χ4n) is 0.935. The summed E-state index contributed by atoms with van der Waals surface area (Å²) in [4.78, 5) is -1.02. The van der Waals surface area contributed by atoms with E-state index < -0.39 is 26.7 Å². The second kappa shape index (κ2) is 4.84. The second-order valence-corrected chi connectivity index (χ2v) is 3.94. The van der Waals surface area contributed by atoms with Crippen LogP contribution in [0, 0.1) is 0 Å². The fourth-order valence-corrected chi connectivity index (χ4v) is 1.67. The Morgan fingerprint density at radius 3 is 1.93 bits per heavy atom. The maximum absolute atomic E-state index is 12.2. The van der Waals surface area contributed by atoms with Crippen LogP contribution >= 0.6 is 0 Å². The summed E-state index contributed by atoms with van der Waals surface area (Å²) in [6.45, 7) is 0. The van der Waals surface area contributed by atoms with E-state index in [2.05, 4.69) is 0 Å². The molecule has 78 valence electrons. The first-order chi connectivity index (χ1) is 6.23. The Morgan fingerprint density at radius 1 is 1.13 bits per heavy atom. The van der Waals surface area contributed by atoms with Crippen LogP contribution < -0.4 is 29.6 Å². The van der Waals surface area contributed by atoms with Gasteiger partial charge in [0, 0.05) is 0 Å². The van der Waals surface area contributed by atoms with Gasteiger partial charge in [-0.15, -0.1) is 0 Å². The number of rotatable bonds is 1. The van der Waals surface area contributed by atoms with Gasteiger partial charge in [-0.05, 0) is 12.1 Å². The number of benzene rings is 1. The van der Waals surface area contributed by atoms with E-state index in [1.54, 1.807) is 0 Å². The molecular formula is C7H5F3NNaO2S. The third-order valence-electron chi connectivity index (χ3n) is 1.48. The maximum atomic E-state index is 12.2. The Kier molecular flexibility index (Phi) is 4.81. The van der Waals surface area contributed by atoms with Gasteiger partial charge in [0.05, 0.1) is 20.5 Å². The van der Waals surface area contributed by atoms with Gasteiger partial charge in [-0.3, -0.25) is 0 Å². The third-order valence-corrected chi connectivity index (χ3v) is 2.42. The van der Waals surface area contributed by atoms with E-state index in [0.29, 0.717) is 6.07 Å². The topological polar surface area (TPSA) is 57.9 Å². The summed E-state index contributed by atoms with van der Waals surface area (Å²) in [7, 11) is -4.59. The minimum absolute atomic E-state index is 0. The van der Waals surface area contributed by atoms with Gasteiger partial charge in [-0.2, -0.15) is 13.2 Å². The largest absolute Gasteiger partial charge is 1.00 e. The molecule has 0 aliphatic carbocycles. The summed E-state index contributed by atoms with van der Waals surface area (Å²) in [6.07, 6.45) is -4.76. The molecule has 1 aromatic rings. The van der Waals surface area contributed by atoms with Gasteiger partial charge >= 0.3 is 35.7 Å². The van der Waals surface area contributed by atoms with Crippen LogP contribution in [0.2, 0.25) is 0 Å². The monoisotopic (exact) mass is 247 g/mol. The fraction of sp³-hybridized carbons (Fsp3) is 0.143. The molecule has 0 aliphatic rings. The van der Waals surface area contributed by atoms with E-state index in [9.17, 15) is 21.6 Å². The average molecular weight is 247 g/mol. The van der Waals surface area contributed by atoms with E-state index in [1.165, 1.54) is 0 Å². The molecule has 1 N–H and O–H groups in total. The normalized spacial score (nSPS) is 12.0. The molecule has 0 saturated carbocycles. The Labute approximate surface area is 107 Å². The zero-order chi connectivity index (χ0) is 11.0. The third kappa shape index (κ3) is 3.76. The van der Waals surface area contributed by atoms with Crippen LogP contribution in [0.5, 0.6) is 0 Å². The predicted octanol–water partition coefficient (Wildman–Crippen LogP) is -0.550. The first-order valence-electron chi connectivity index (χ1n) is 3.39. The van der Waals surface area contributed by atoms with Crippen LogP contribution in [0.3, 0.4) is 0 Å². The SMILES string of the molecule is [NH-]S(=O)(=O)c1ccccc1C(F)(F)F.[Na+]. The number of nitrogens with one attached hydrogen (secondary N) is 1. The molecule has 0 spiro atoms. The molecule has 15 heavy (non-hydrogen) atoms. The van der Waals surface area contributed by atoms with Gasteiger partial charge < -0.3 is 5.14 Å². The van der Waals surface area contributed by atoms with Gasteiger partial charge in [0.2, 0.25) is 0 Å². The van der Waals surface area contributed by atoms with Crippen LogP contribution in [0.4, 0.5) is 13.2 Å². The number of sulfonamides is 1. The molecule has 0 aromatic heterocycles.